The number of hydrogen-bond donors (Lipinski definition) is 0. The second kappa shape index (κ2) is 7.34. The van der Waals surface area contributed by atoms with Gasteiger partial charge in [0.05, 0.1) is 4.90 Å². The van der Waals surface area contributed by atoms with Crippen molar-refractivity contribution in [3.63, 3.8) is 0 Å². The summed E-state index contributed by atoms with van der Waals surface area (Å²) < 4.78 is 25.7. The summed E-state index contributed by atoms with van der Waals surface area (Å²) in [5.41, 5.74) is 0. The third-order valence-electron chi connectivity index (χ3n) is 2.70. The first-order valence-corrected chi connectivity index (χ1v) is 7.69. The van der Waals surface area contributed by atoms with Crippen LogP contribution in [-0.2, 0) is 10.0 Å². The first-order chi connectivity index (χ1) is 8.59. The van der Waals surface area contributed by atoms with Crippen molar-refractivity contribution < 1.29 is 8.42 Å². The zero-order chi connectivity index (χ0) is 13.4. The lowest BCUT2D eigenvalue weighted by molar-refractivity contribution is 0.499. The van der Waals surface area contributed by atoms with Gasteiger partial charge in [0.15, 0.2) is 0 Å². The van der Waals surface area contributed by atoms with Crippen molar-refractivity contribution in [2.75, 3.05) is 13.6 Å². The molecular weight excluding hydrogens is 246 g/mol. The fourth-order valence-corrected chi connectivity index (χ4v) is 2.68. The Labute approximate surface area is 110 Å². The van der Waals surface area contributed by atoms with Crippen molar-refractivity contribution in [1.29, 1.82) is 0 Å². The number of allylic oxidation sites excluding steroid dienone is 1. The summed E-state index contributed by atoms with van der Waals surface area (Å²) >= 11 is 0. The third kappa shape index (κ3) is 4.27. The minimum absolute atomic E-state index is 0.342. The van der Waals surface area contributed by atoms with Gasteiger partial charge in [0.25, 0.3) is 0 Å². The molecule has 1 rings (SSSR count). The third-order valence-corrected chi connectivity index (χ3v) is 4.54. The minimum Gasteiger partial charge on any atom is -0.207 e. The van der Waals surface area contributed by atoms with E-state index < -0.39 is 10.0 Å². The largest absolute Gasteiger partial charge is 0.243 e. The zero-order valence-corrected chi connectivity index (χ0v) is 11.9. The first-order valence-electron chi connectivity index (χ1n) is 6.25. The van der Waals surface area contributed by atoms with Crippen molar-refractivity contribution in [1.82, 2.24) is 4.31 Å². The second-order valence-electron chi connectivity index (χ2n) is 4.21. The molecule has 0 unspecified atom stereocenters. The van der Waals surface area contributed by atoms with E-state index in [9.17, 15) is 8.42 Å². The average molecular weight is 267 g/mol. The highest BCUT2D eigenvalue weighted by Crippen LogP contribution is 2.13. The highest BCUT2D eigenvalue weighted by Gasteiger charge is 2.18. The van der Waals surface area contributed by atoms with Crippen LogP contribution in [0.1, 0.15) is 26.2 Å². The smallest absolute Gasteiger partial charge is 0.207 e. The summed E-state index contributed by atoms with van der Waals surface area (Å²) in [6.07, 6.45) is 7.26. The molecule has 0 saturated heterocycles. The Morgan fingerprint density at radius 2 is 1.83 bits per heavy atom. The molecule has 0 heterocycles. The molecular formula is C14H21NO2S. The van der Waals surface area contributed by atoms with Crippen LogP contribution in [-0.4, -0.2) is 26.3 Å². The number of nitrogens with zero attached hydrogens (tertiary/aromatic N) is 1. The van der Waals surface area contributed by atoms with Gasteiger partial charge in [-0.3, -0.25) is 0 Å². The molecule has 18 heavy (non-hydrogen) atoms. The minimum atomic E-state index is -3.35. The number of sulfonamides is 1. The molecule has 100 valence electrons. The van der Waals surface area contributed by atoms with Crippen LogP contribution >= 0.6 is 0 Å². The van der Waals surface area contributed by atoms with Crippen molar-refractivity contribution >= 4 is 10.0 Å². The standard InChI is InChI=1S/C14H21NO2S/c1-3-4-5-6-10-13-15(2)18(16,17)14-11-8-7-9-12-14/h6-12H,3-5,13H2,1-2H3. The Bertz CT molecular complexity index is 466. The second-order valence-corrected chi connectivity index (χ2v) is 6.26. The Morgan fingerprint density at radius 3 is 2.44 bits per heavy atom. The summed E-state index contributed by atoms with van der Waals surface area (Å²) in [5.74, 6) is 0. The number of rotatable bonds is 7. The van der Waals surface area contributed by atoms with Gasteiger partial charge in [0.1, 0.15) is 0 Å². The van der Waals surface area contributed by atoms with E-state index in [1.165, 1.54) is 4.31 Å². The molecule has 0 saturated carbocycles. The molecule has 0 N–H and O–H groups in total. The molecule has 1 aromatic rings. The van der Waals surface area contributed by atoms with Gasteiger partial charge in [-0.25, -0.2) is 8.42 Å². The molecule has 0 fully saturated rings. The predicted molar refractivity (Wildman–Crippen MR) is 74.9 cm³/mol. The molecule has 0 aliphatic heterocycles. The van der Waals surface area contributed by atoms with Crippen LogP contribution in [0.3, 0.4) is 0 Å². The fourth-order valence-electron chi connectivity index (χ4n) is 1.53. The van der Waals surface area contributed by atoms with Gasteiger partial charge in [0, 0.05) is 13.6 Å². The van der Waals surface area contributed by atoms with Crippen molar-refractivity contribution in [2.45, 2.75) is 31.1 Å². The molecule has 0 aliphatic carbocycles. The molecule has 0 aromatic heterocycles. The van der Waals surface area contributed by atoms with E-state index in [1.54, 1.807) is 31.3 Å². The van der Waals surface area contributed by atoms with Crippen LogP contribution in [0.4, 0.5) is 0 Å². The summed E-state index contributed by atoms with van der Waals surface area (Å²) in [6.45, 7) is 2.56. The lowest BCUT2D eigenvalue weighted by Crippen LogP contribution is -2.26. The van der Waals surface area contributed by atoms with Gasteiger partial charge < -0.3 is 0 Å². The van der Waals surface area contributed by atoms with Crippen LogP contribution in [0, 0.1) is 0 Å². The SMILES string of the molecule is CCCCC=CCN(C)S(=O)(=O)c1ccccc1. The Hall–Kier alpha value is -1.13. The molecule has 3 nitrogen and oxygen atoms in total. The molecule has 0 spiro atoms. The van der Waals surface area contributed by atoms with E-state index >= 15 is 0 Å². The fraction of sp³-hybridized carbons (Fsp3) is 0.429. The van der Waals surface area contributed by atoms with Crippen molar-refractivity contribution in [3.8, 4) is 0 Å². The maximum atomic E-state index is 12.1. The van der Waals surface area contributed by atoms with E-state index in [2.05, 4.69) is 6.92 Å². The maximum Gasteiger partial charge on any atom is 0.243 e. The predicted octanol–water partition coefficient (Wildman–Crippen LogP) is 3.05. The Morgan fingerprint density at radius 1 is 1.17 bits per heavy atom. The van der Waals surface area contributed by atoms with Gasteiger partial charge in [0.2, 0.25) is 10.0 Å². The molecule has 0 aliphatic rings. The van der Waals surface area contributed by atoms with E-state index in [-0.39, 0.29) is 0 Å². The number of benzene rings is 1. The van der Waals surface area contributed by atoms with Crippen LogP contribution in [0.2, 0.25) is 0 Å². The first kappa shape index (κ1) is 14.9. The summed E-state index contributed by atoms with van der Waals surface area (Å²) in [5, 5.41) is 0. The summed E-state index contributed by atoms with van der Waals surface area (Å²) in [4.78, 5) is 0.342. The lowest BCUT2D eigenvalue weighted by Gasteiger charge is -2.15. The highest BCUT2D eigenvalue weighted by atomic mass is 32.2. The van der Waals surface area contributed by atoms with Crippen molar-refractivity contribution in [2.24, 2.45) is 0 Å². The van der Waals surface area contributed by atoms with Gasteiger partial charge in [-0.1, -0.05) is 50.1 Å². The molecule has 0 atom stereocenters. The van der Waals surface area contributed by atoms with E-state index in [0.29, 0.717) is 11.4 Å². The zero-order valence-electron chi connectivity index (χ0n) is 11.0. The van der Waals surface area contributed by atoms with E-state index in [1.807, 2.05) is 18.2 Å². The number of likely N-dealkylation sites (N-methyl/N-ethyl adjacent to an activating group) is 1. The monoisotopic (exact) mass is 267 g/mol. The molecule has 0 amide bonds. The highest BCUT2D eigenvalue weighted by molar-refractivity contribution is 7.89. The van der Waals surface area contributed by atoms with Crippen LogP contribution in [0.25, 0.3) is 0 Å². The molecule has 4 heteroatoms. The van der Waals surface area contributed by atoms with Gasteiger partial charge >= 0.3 is 0 Å². The summed E-state index contributed by atoms with van der Waals surface area (Å²) in [6, 6.07) is 8.51. The van der Waals surface area contributed by atoms with Crippen LogP contribution in [0.5, 0.6) is 0 Å². The number of hydrogen-bond acceptors (Lipinski definition) is 2. The van der Waals surface area contributed by atoms with Gasteiger partial charge in [-0.05, 0) is 18.6 Å². The maximum absolute atomic E-state index is 12.1. The van der Waals surface area contributed by atoms with E-state index in [0.717, 1.165) is 19.3 Å². The number of unbranched alkanes of at least 4 members (excludes halogenated alkanes) is 2. The lowest BCUT2D eigenvalue weighted by atomic mass is 10.2. The van der Waals surface area contributed by atoms with Crippen molar-refractivity contribution in [3.05, 3.63) is 42.5 Å². The normalized spacial score (nSPS) is 12.4. The topological polar surface area (TPSA) is 37.4 Å². The summed E-state index contributed by atoms with van der Waals surface area (Å²) in [7, 11) is -1.75. The molecule has 0 radical (unpaired) electrons. The Kier molecular flexibility index (Phi) is 6.09. The van der Waals surface area contributed by atoms with Crippen LogP contribution < -0.4 is 0 Å². The van der Waals surface area contributed by atoms with E-state index in [4.69, 9.17) is 0 Å². The Balaban J connectivity index is 2.61. The van der Waals surface area contributed by atoms with Gasteiger partial charge in [-0.2, -0.15) is 4.31 Å². The quantitative estimate of drug-likeness (QED) is 0.562. The van der Waals surface area contributed by atoms with Gasteiger partial charge in [-0.15, -0.1) is 0 Å². The molecule has 0 bridgehead atoms. The van der Waals surface area contributed by atoms with Crippen LogP contribution in [0.15, 0.2) is 47.4 Å². The molecule has 1 aromatic carbocycles. The average Bonchev–Trinajstić information content (AvgIpc) is 2.39.